The van der Waals surface area contributed by atoms with Crippen molar-refractivity contribution < 1.29 is 29.3 Å². The summed E-state index contributed by atoms with van der Waals surface area (Å²) in [7, 11) is 0. The molecule has 0 bridgehead atoms. The fourth-order valence-corrected chi connectivity index (χ4v) is 4.62. The van der Waals surface area contributed by atoms with Gasteiger partial charge in [0.25, 0.3) is 0 Å². The molecule has 2 aliphatic carbocycles. The molecule has 0 saturated heterocycles. The Bertz CT molecular complexity index is 963. The summed E-state index contributed by atoms with van der Waals surface area (Å²) in [5.74, 6) is -1.13. The van der Waals surface area contributed by atoms with Crippen LogP contribution in [0.25, 0.3) is 0 Å². The lowest BCUT2D eigenvalue weighted by Gasteiger charge is -2.23. The molecule has 0 radical (unpaired) electrons. The molecular formula is C23H22O6. The third kappa shape index (κ3) is 3.18. The number of carbonyl (C=O) groups excluding carboxylic acids is 3. The fourth-order valence-electron chi connectivity index (χ4n) is 4.62. The number of ether oxygens (including phenoxy) is 1. The van der Waals surface area contributed by atoms with Crippen molar-refractivity contribution in [3.8, 4) is 11.5 Å². The van der Waals surface area contributed by atoms with Crippen LogP contribution in [-0.4, -0.2) is 34.4 Å². The van der Waals surface area contributed by atoms with Gasteiger partial charge in [0.15, 0.2) is 11.6 Å². The van der Waals surface area contributed by atoms with E-state index < -0.39 is 5.92 Å². The van der Waals surface area contributed by atoms with Crippen LogP contribution in [0.3, 0.4) is 0 Å². The molecule has 150 valence electrons. The molecular weight excluding hydrogens is 372 g/mol. The average molecular weight is 394 g/mol. The van der Waals surface area contributed by atoms with Crippen LogP contribution in [0.1, 0.15) is 75.1 Å². The Morgan fingerprint density at radius 3 is 1.83 bits per heavy atom. The summed E-state index contributed by atoms with van der Waals surface area (Å²) in [4.78, 5) is 36.9. The van der Waals surface area contributed by atoms with E-state index in [1.165, 1.54) is 12.1 Å². The van der Waals surface area contributed by atoms with Crippen LogP contribution < -0.4 is 0 Å². The van der Waals surface area contributed by atoms with Crippen LogP contribution in [0, 0.1) is 0 Å². The number of ketones is 2. The molecule has 0 heterocycles. The number of esters is 1. The smallest absolute Gasteiger partial charge is 0.306 e. The second-order valence-corrected chi connectivity index (χ2v) is 7.46. The van der Waals surface area contributed by atoms with E-state index in [0.717, 1.165) is 22.3 Å². The average Bonchev–Trinajstić information content (AvgIpc) is 3.26. The first kappa shape index (κ1) is 19.2. The number of hydrogen-bond donors (Lipinski definition) is 2. The van der Waals surface area contributed by atoms with Crippen molar-refractivity contribution in [1.29, 1.82) is 0 Å². The lowest BCUT2D eigenvalue weighted by molar-refractivity contribution is -0.143. The number of hydrogen-bond acceptors (Lipinski definition) is 6. The van der Waals surface area contributed by atoms with E-state index in [2.05, 4.69) is 0 Å². The molecule has 0 amide bonds. The van der Waals surface area contributed by atoms with Crippen molar-refractivity contribution in [2.75, 3.05) is 6.61 Å². The van der Waals surface area contributed by atoms with Gasteiger partial charge in [0.2, 0.25) is 0 Å². The van der Waals surface area contributed by atoms with E-state index in [1.54, 1.807) is 19.1 Å². The largest absolute Gasteiger partial charge is 0.507 e. The van der Waals surface area contributed by atoms with Crippen molar-refractivity contribution in [2.45, 2.75) is 44.9 Å². The molecule has 2 aromatic rings. The number of phenols is 2. The Hall–Kier alpha value is -3.15. The maximum absolute atomic E-state index is 12.4. The van der Waals surface area contributed by atoms with E-state index in [-0.39, 0.29) is 42.1 Å². The molecule has 2 aromatic carbocycles. The predicted octanol–water partition coefficient (Wildman–Crippen LogP) is 3.44. The monoisotopic (exact) mass is 394 g/mol. The first-order chi connectivity index (χ1) is 13.9. The summed E-state index contributed by atoms with van der Waals surface area (Å²) < 4.78 is 5.17. The molecule has 0 aliphatic heterocycles. The number of carbonyl (C=O) groups is 3. The number of phenolic OH excluding ortho intramolecular Hbond substituents is 2. The lowest BCUT2D eigenvalue weighted by Crippen LogP contribution is -2.15. The second-order valence-electron chi connectivity index (χ2n) is 7.46. The zero-order valence-electron chi connectivity index (χ0n) is 16.2. The Morgan fingerprint density at radius 2 is 1.38 bits per heavy atom. The van der Waals surface area contributed by atoms with Crippen LogP contribution >= 0.6 is 0 Å². The van der Waals surface area contributed by atoms with Gasteiger partial charge in [-0.1, -0.05) is 12.1 Å². The van der Waals surface area contributed by atoms with Crippen LogP contribution in [-0.2, 0) is 22.4 Å². The number of benzene rings is 2. The summed E-state index contributed by atoms with van der Waals surface area (Å²) >= 11 is 0. The minimum atomic E-state index is -0.436. The molecule has 6 heteroatoms. The number of rotatable bonds is 5. The van der Waals surface area contributed by atoms with Gasteiger partial charge in [-0.25, -0.2) is 0 Å². The van der Waals surface area contributed by atoms with Crippen molar-refractivity contribution in [1.82, 2.24) is 0 Å². The van der Waals surface area contributed by atoms with Gasteiger partial charge in [-0.15, -0.1) is 0 Å². The minimum Gasteiger partial charge on any atom is -0.507 e. The van der Waals surface area contributed by atoms with Gasteiger partial charge < -0.3 is 14.9 Å². The number of Topliss-reactive ketones (excluding diaryl/α,β-unsaturated/α-hetero) is 2. The summed E-state index contributed by atoms with van der Waals surface area (Å²) in [5, 5.41) is 20.4. The van der Waals surface area contributed by atoms with Crippen molar-refractivity contribution in [3.05, 3.63) is 57.6 Å². The van der Waals surface area contributed by atoms with E-state index in [1.807, 2.05) is 0 Å². The van der Waals surface area contributed by atoms with Crippen molar-refractivity contribution in [3.63, 3.8) is 0 Å². The Labute approximate surface area is 168 Å². The maximum atomic E-state index is 12.4. The molecule has 0 saturated carbocycles. The topological polar surface area (TPSA) is 101 Å². The van der Waals surface area contributed by atoms with E-state index in [4.69, 9.17) is 4.74 Å². The molecule has 0 unspecified atom stereocenters. The van der Waals surface area contributed by atoms with Gasteiger partial charge in [-0.2, -0.15) is 0 Å². The van der Waals surface area contributed by atoms with Gasteiger partial charge in [-0.3, -0.25) is 14.4 Å². The SMILES string of the molecule is CCOC(=O)CC(c1ccc(O)c2c1CCC2=O)c1ccc(O)c2c1CCC2=O. The highest BCUT2D eigenvalue weighted by Crippen LogP contribution is 2.43. The third-order valence-electron chi connectivity index (χ3n) is 5.84. The number of fused-ring (bicyclic) bond motifs is 2. The zero-order valence-corrected chi connectivity index (χ0v) is 16.2. The van der Waals surface area contributed by atoms with Crippen LogP contribution in [0.15, 0.2) is 24.3 Å². The van der Waals surface area contributed by atoms with Gasteiger partial charge in [-0.05, 0) is 54.2 Å². The molecule has 0 atom stereocenters. The maximum Gasteiger partial charge on any atom is 0.306 e. The molecule has 6 nitrogen and oxygen atoms in total. The van der Waals surface area contributed by atoms with Crippen LogP contribution in [0.5, 0.6) is 11.5 Å². The summed E-state index contributed by atoms with van der Waals surface area (Å²) in [6.45, 7) is 1.99. The van der Waals surface area contributed by atoms with Gasteiger partial charge in [0.1, 0.15) is 11.5 Å². The summed E-state index contributed by atoms with van der Waals surface area (Å²) in [5.41, 5.74) is 3.70. The van der Waals surface area contributed by atoms with E-state index in [0.29, 0.717) is 36.8 Å². The van der Waals surface area contributed by atoms with E-state index in [9.17, 15) is 24.6 Å². The highest BCUT2D eigenvalue weighted by atomic mass is 16.5. The lowest BCUT2D eigenvalue weighted by atomic mass is 9.81. The zero-order chi connectivity index (χ0) is 20.7. The Kier molecular flexibility index (Phi) is 4.86. The molecule has 0 spiro atoms. The molecule has 2 N–H and O–H groups in total. The van der Waals surface area contributed by atoms with Gasteiger partial charge >= 0.3 is 5.97 Å². The Morgan fingerprint density at radius 1 is 0.897 bits per heavy atom. The predicted molar refractivity (Wildman–Crippen MR) is 105 cm³/mol. The molecule has 29 heavy (non-hydrogen) atoms. The van der Waals surface area contributed by atoms with Crippen LogP contribution in [0.2, 0.25) is 0 Å². The van der Waals surface area contributed by atoms with Crippen LogP contribution in [0.4, 0.5) is 0 Å². The number of aromatic hydroxyl groups is 2. The highest BCUT2D eigenvalue weighted by Gasteiger charge is 2.34. The minimum absolute atomic E-state index is 0.0463. The quantitative estimate of drug-likeness (QED) is 0.754. The first-order valence-corrected chi connectivity index (χ1v) is 9.83. The van der Waals surface area contributed by atoms with Gasteiger partial charge in [0, 0.05) is 18.8 Å². The molecule has 0 fully saturated rings. The summed E-state index contributed by atoms with van der Waals surface area (Å²) in [6, 6.07) is 6.46. The fraction of sp³-hybridized carbons (Fsp3) is 0.348. The molecule has 0 aromatic heterocycles. The normalized spacial score (nSPS) is 15.0. The highest BCUT2D eigenvalue weighted by molar-refractivity contribution is 6.04. The third-order valence-corrected chi connectivity index (χ3v) is 5.84. The summed E-state index contributed by atoms with van der Waals surface area (Å²) in [6.07, 6.45) is 1.67. The standard InChI is InChI=1S/C23H22O6/c1-2-29-21(28)11-16(12-3-7-17(24)22-14(12)5-9-19(22)26)13-4-8-18(25)23-15(13)6-10-20(23)27/h3-4,7-8,16,24-25H,2,5-6,9-11H2,1H3. The van der Waals surface area contributed by atoms with Gasteiger partial charge in [0.05, 0.1) is 24.2 Å². The second kappa shape index (κ2) is 7.35. The molecule has 4 rings (SSSR count). The van der Waals surface area contributed by atoms with Crippen molar-refractivity contribution in [2.24, 2.45) is 0 Å². The van der Waals surface area contributed by atoms with E-state index >= 15 is 0 Å². The molecule has 2 aliphatic rings. The first-order valence-electron chi connectivity index (χ1n) is 9.83. The van der Waals surface area contributed by atoms with Crippen molar-refractivity contribution >= 4 is 17.5 Å². The Balaban J connectivity index is 1.89.